The van der Waals surface area contributed by atoms with Crippen molar-refractivity contribution in [2.45, 2.75) is 38.6 Å². The minimum absolute atomic E-state index is 0.656. The van der Waals surface area contributed by atoms with Crippen LogP contribution in [0.3, 0.4) is 0 Å². The van der Waals surface area contributed by atoms with E-state index in [1.165, 1.54) is 43.5 Å². The first kappa shape index (κ1) is 12.4. The van der Waals surface area contributed by atoms with E-state index >= 15 is 0 Å². The number of nitrogens with zero attached hydrogens (tertiary/aromatic N) is 1. The van der Waals surface area contributed by atoms with Gasteiger partial charge in [0.15, 0.2) is 0 Å². The van der Waals surface area contributed by atoms with Crippen molar-refractivity contribution in [3.05, 3.63) is 29.8 Å². The van der Waals surface area contributed by atoms with Gasteiger partial charge in [-0.3, -0.25) is 0 Å². The molecule has 2 rings (SSSR count). The van der Waals surface area contributed by atoms with Crippen molar-refractivity contribution in [2.75, 3.05) is 25.0 Å². The third-order valence-electron chi connectivity index (χ3n) is 3.63. The standard InChI is InChI=1S/C15H24N2/c1-13-7-9-15(10-8-13)17(2)12-14-6-4-3-5-11-16-14/h7-10,14,16H,3-6,11-12H2,1-2H3. The maximum absolute atomic E-state index is 3.65. The van der Waals surface area contributed by atoms with Crippen LogP contribution in [0.2, 0.25) is 0 Å². The monoisotopic (exact) mass is 232 g/mol. The highest BCUT2D eigenvalue weighted by atomic mass is 15.1. The molecule has 17 heavy (non-hydrogen) atoms. The normalized spacial score (nSPS) is 20.9. The number of hydrogen-bond donors (Lipinski definition) is 1. The molecule has 2 nitrogen and oxygen atoms in total. The van der Waals surface area contributed by atoms with Crippen LogP contribution in [-0.2, 0) is 0 Å². The van der Waals surface area contributed by atoms with Gasteiger partial charge in [-0.15, -0.1) is 0 Å². The molecule has 0 aliphatic carbocycles. The first-order chi connectivity index (χ1) is 8.25. The average molecular weight is 232 g/mol. The van der Waals surface area contributed by atoms with Crippen LogP contribution in [0, 0.1) is 6.92 Å². The van der Waals surface area contributed by atoms with Gasteiger partial charge < -0.3 is 10.2 Å². The van der Waals surface area contributed by atoms with Gasteiger partial charge in [0.05, 0.1) is 0 Å². The zero-order valence-electron chi connectivity index (χ0n) is 11.1. The van der Waals surface area contributed by atoms with Gasteiger partial charge in [0.25, 0.3) is 0 Å². The average Bonchev–Trinajstić information content (AvgIpc) is 2.58. The summed E-state index contributed by atoms with van der Waals surface area (Å²) in [5, 5.41) is 3.65. The Morgan fingerprint density at radius 1 is 1.18 bits per heavy atom. The second-order valence-electron chi connectivity index (χ2n) is 5.22. The van der Waals surface area contributed by atoms with Gasteiger partial charge in [-0.25, -0.2) is 0 Å². The molecule has 1 fully saturated rings. The van der Waals surface area contributed by atoms with E-state index in [1.54, 1.807) is 0 Å². The molecule has 0 amide bonds. The Morgan fingerprint density at radius 3 is 2.71 bits per heavy atom. The van der Waals surface area contributed by atoms with Crippen LogP contribution in [0.1, 0.15) is 31.2 Å². The molecule has 1 saturated heterocycles. The summed E-state index contributed by atoms with van der Waals surface area (Å²) in [6.45, 7) is 4.44. The lowest BCUT2D eigenvalue weighted by atomic mass is 10.1. The fourth-order valence-electron chi connectivity index (χ4n) is 2.49. The predicted octanol–water partition coefficient (Wildman–Crippen LogP) is 2.96. The van der Waals surface area contributed by atoms with Crippen LogP contribution in [0.15, 0.2) is 24.3 Å². The van der Waals surface area contributed by atoms with Crippen molar-refractivity contribution in [3.63, 3.8) is 0 Å². The van der Waals surface area contributed by atoms with Gasteiger partial charge in [0.2, 0.25) is 0 Å². The molecule has 1 atom stereocenters. The molecule has 0 bridgehead atoms. The summed E-state index contributed by atoms with van der Waals surface area (Å²) in [5.41, 5.74) is 2.65. The SMILES string of the molecule is Cc1ccc(N(C)CC2CCCCCN2)cc1. The molecule has 2 heteroatoms. The van der Waals surface area contributed by atoms with Crippen LogP contribution in [0.25, 0.3) is 0 Å². The third kappa shape index (κ3) is 3.74. The Hall–Kier alpha value is -1.02. The van der Waals surface area contributed by atoms with Gasteiger partial charge in [-0.2, -0.15) is 0 Å². The Morgan fingerprint density at radius 2 is 1.94 bits per heavy atom. The number of aryl methyl sites for hydroxylation is 1. The van der Waals surface area contributed by atoms with Crippen LogP contribution >= 0.6 is 0 Å². The molecule has 0 saturated carbocycles. The number of likely N-dealkylation sites (N-methyl/N-ethyl adjacent to an activating group) is 1. The van der Waals surface area contributed by atoms with Crippen LogP contribution in [0.4, 0.5) is 5.69 Å². The van der Waals surface area contributed by atoms with E-state index in [-0.39, 0.29) is 0 Å². The maximum atomic E-state index is 3.65. The molecule has 1 aromatic rings. The summed E-state index contributed by atoms with van der Waals surface area (Å²) in [6, 6.07) is 9.46. The molecule has 0 aromatic heterocycles. The Bertz CT molecular complexity index is 323. The fraction of sp³-hybridized carbons (Fsp3) is 0.600. The van der Waals surface area contributed by atoms with Crippen LogP contribution in [-0.4, -0.2) is 26.2 Å². The molecule has 1 aliphatic rings. The Kier molecular flexibility index (Phi) is 4.43. The highest BCUT2D eigenvalue weighted by Gasteiger charge is 2.13. The van der Waals surface area contributed by atoms with E-state index < -0.39 is 0 Å². The predicted molar refractivity (Wildman–Crippen MR) is 74.7 cm³/mol. The largest absolute Gasteiger partial charge is 0.373 e. The lowest BCUT2D eigenvalue weighted by Crippen LogP contribution is -2.39. The summed E-state index contributed by atoms with van der Waals surface area (Å²) in [6.07, 6.45) is 5.41. The fourth-order valence-corrected chi connectivity index (χ4v) is 2.49. The van der Waals surface area contributed by atoms with Crippen molar-refractivity contribution in [2.24, 2.45) is 0 Å². The number of nitrogens with one attached hydrogen (secondary N) is 1. The molecule has 1 aromatic carbocycles. The third-order valence-corrected chi connectivity index (χ3v) is 3.63. The van der Waals surface area contributed by atoms with Crippen molar-refractivity contribution >= 4 is 5.69 Å². The second-order valence-corrected chi connectivity index (χ2v) is 5.22. The molecular formula is C15H24N2. The van der Waals surface area contributed by atoms with E-state index in [0.29, 0.717) is 6.04 Å². The quantitative estimate of drug-likeness (QED) is 0.862. The lowest BCUT2D eigenvalue weighted by molar-refractivity contribution is 0.510. The van der Waals surface area contributed by atoms with Gasteiger partial charge >= 0.3 is 0 Å². The van der Waals surface area contributed by atoms with Crippen molar-refractivity contribution < 1.29 is 0 Å². The highest BCUT2D eigenvalue weighted by Crippen LogP contribution is 2.16. The maximum Gasteiger partial charge on any atom is 0.0364 e. The molecular weight excluding hydrogens is 208 g/mol. The first-order valence-corrected chi connectivity index (χ1v) is 6.77. The molecule has 0 spiro atoms. The van der Waals surface area contributed by atoms with Crippen LogP contribution in [0.5, 0.6) is 0 Å². The van der Waals surface area contributed by atoms with Gasteiger partial charge in [-0.05, 0) is 38.4 Å². The summed E-state index contributed by atoms with van der Waals surface area (Å²) >= 11 is 0. The number of hydrogen-bond acceptors (Lipinski definition) is 2. The summed E-state index contributed by atoms with van der Waals surface area (Å²) in [7, 11) is 2.19. The number of benzene rings is 1. The summed E-state index contributed by atoms with van der Waals surface area (Å²) < 4.78 is 0. The lowest BCUT2D eigenvalue weighted by Gasteiger charge is -2.25. The Labute approximate surface area is 105 Å². The molecule has 1 unspecified atom stereocenters. The summed E-state index contributed by atoms with van der Waals surface area (Å²) in [5.74, 6) is 0. The van der Waals surface area contributed by atoms with E-state index in [9.17, 15) is 0 Å². The van der Waals surface area contributed by atoms with Crippen molar-refractivity contribution in [1.82, 2.24) is 5.32 Å². The minimum atomic E-state index is 0.656. The number of anilines is 1. The molecule has 94 valence electrons. The highest BCUT2D eigenvalue weighted by molar-refractivity contribution is 5.46. The minimum Gasteiger partial charge on any atom is -0.373 e. The van der Waals surface area contributed by atoms with Gasteiger partial charge in [0.1, 0.15) is 0 Å². The Balaban J connectivity index is 1.91. The van der Waals surface area contributed by atoms with Crippen LogP contribution < -0.4 is 10.2 Å². The first-order valence-electron chi connectivity index (χ1n) is 6.77. The molecule has 1 N–H and O–H groups in total. The summed E-state index contributed by atoms with van der Waals surface area (Å²) in [4.78, 5) is 2.36. The zero-order valence-corrected chi connectivity index (χ0v) is 11.1. The van der Waals surface area contributed by atoms with Crippen molar-refractivity contribution in [1.29, 1.82) is 0 Å². The molecule has 1 aliphatic heterocycles. The van der Waals surface area contributed by atoms with E-state index in [2.05, 4.69) is 48.5 Å². The van der Waals surface area contributed by atoms with Crippen molar-refractivity contribution in [3.8, 4) is 0 Å². The van der Waals surface area contributed by atoms with Gasteiger partial charge in [0, 0.05) is 25.3 Å². The molecule has 1 heterocycles. The zero-order chi connectivity index (χ0) is 12.1. The second kappa shape index (κ2) is 6.06. The number of rotatable bonds is 3. The van der Waals surface area contributed by atoms with Gasteiger partial charge in [-0.1, -0.05) is 30.5 Å². The van der Waals surface area contributed by atoms with E-state index in [4.69, 9.17) is 0 Å². The topological polar surface area (TPSA) is 15.3 Å². The van der Waals surface area contributed by atoms with E-state index in [1.807, 2.05) is 0 Å². The van der Waals surface area contributed by atoms with E-state index in [0.717, 1.165) is 6.54 Å². The smallest absolute Gasteiger partial charge is 0.0364 e. The molecule has 0 radical (unpaired) electrons.